The van der Waals surface area contributed by atoms with E-state index in [1.54, 1.807) is 4.90 Å². The summed E-state index contributed by atoms with van der Waals surface area (Å²) in [5, 5.41) is 51.5. The van der Waals surface area contributed by atoms with Crippen LogP contribution in [0.4, 0.5) is 4.79 Å². The summed E-state index contributed by atoms with van der Waals surface area (Å²) in [7, 11) is 0. The third kappa shape index (κ3) is 9.52. The Balaban J connectivity index is 1.12. The Hall–Kier alpha value is -3.29. The zero-order valence-electron chi connectivity index (χ0n) is 28.8. The van der Waals surface area contributed by atoms with Crippen LogP contribution in [-0.2, 0) is 23.4 Å². The highest BCUT2D eigenvalue weighted by Gasteiger charge is 2.48. The average Bonchev–Trinajstić information content (AvgIpc) is 4.08. The van der Waals surface area contributed by atoms with Crippen LogP contribution in [0.15, 0.2) is 54.9 Å². The number of hydrogen-bond acceptors (Lipinski definition) is 9. The number of nitrogens with one attached hydrogen (secondary N) is 1. The summed E-state index contributed by atoms with van der Waals surface area (Å²) in [6, 6.07) is 13.9. The van der Waals surface area contributed by atoms with Gasteiger partial charge in [-0.3, -0.25) is 4.98 Å². The Morgan fingerprint density at radius 2 is 1.78 bits per heavy atom. The number of benzene rings is 2. The van der Waals surface area contributed by atoms with Crippen molar-refractivity contribution in [2.75, 3.05) is 26.2 Å². The van der Waals surface area contributed by atoms with Gasteiger partial charge in [0.05, 0.1) is 31.0 Å². The number of ether oxygens (including phenoxy) is 2. The van der Waals surface area contributed by atoms with Gasteiger partial charge < -0.3 is 45.2 Å². The molecule has 0 aliphatic heterocycles. The second-order valence-corrected chi connectivity index (χ2v) is 13.8. The number of aliphatic hydroxyl groups excluding tert-OH is 5. The summed E-state index contributed by atoms with van der Waals surface area (Å²) in [5.41, 5.74) is 5.96. The van der Waals surface area contributed by atoms with Gasteiger partial charge in [0.1, 0.15) is 24.1 Å². The van der Waals surface area contributed by atoms with E-state index in [0.29, 0.717) is 30.8 Å². The Morgan fingerprint density at radius 1 is 1.04 bits per heavy atom. The van der Waals surface area contributed by atoms with Crippen molar-refractivity contribution in [2.45, 2.75) is 102 Å². The van der Waals surface area contributed by atoms with Crippen LogP contribution in [0.2, 0.25) is 5.02 Å². The zero-order chi connectivity index (χ0) is 35.8. The van der Waals surface area contributed by atoms with E-state index >= 15 is 0 Å². The molecule has 0 spiro atoms. The van der Waals surface area contributed by atoms with Crippen LogP contribution < -0.4 is 10.1 Å². The minimum absolute atomic E-state index is 0.296. The Labute approximate surface area is 298 Å². The molecular weight excluding hydrogens is 662 g/mol. The van der Waals surface area contributed by atoms with E-state index in [9.17, 15) is 25.2 Å². The number of aromatic nitrogens is 1. The van der Waals surface area contributed by atoms with Crippen molar-refractivity contribution in [2.24, 2.45) is 0 Å². The lowest BCUT2D eigenvalue weighted by Crippen LogP contribution is -2.51. The molecule has 11 nitrogen and oxygen atoms in total. The number of amides is 2. The summed E-state index contributed by atoms with van der Waals surface area (Å²) in [6.45, 7) is 4.13. The third-order valence-electron chi connectivity index (χ3n) is 9.60. The first-order valence-corrected chi connectivity index (χ1v) is 17.9. The molecule has 0 bridgehead atoms. The lowest BCUT2D eigenvalue weighted by molar-refractivity contribution is -0.113. The number of aryl methyl sites for hydroxylation is 2. The molecule has 2 aromatic carbocycles. The molecule has 1 heterocycles. The number of pyridine rings is 1. The average molecular weight is 712 g/mol. The molecule has 5 rings (SSSR count). The molecular formula is C38H50ClN3O8. The molecule has 0 saturated heterocycles. The Bertz CT molecular complexity index is 1580. The molecule has 2 fully saturated rings. The molecule has 2 aliphatic carbocycles. The Morgan fingerprint density at radius 3 is 2.48 bits per heavy atom. The van der Waals surface area contributed by atoms with Gasteiger partial charge in [-0.25, -0.2) is 4.79 Å². The SMILES string of the molecule is CCN(CCCCc1cc(Cl)c(COC2(c3cnccc3-c3ccccc3OC3CC3)CC2)cc1C)C(=O)NCC(O)C(O)C(O)C(O)CO. The van der Waals surface area contributed by atoms with Gasteiger partial charge in [-0.2, -0.15) is 0 Å². The summed E-state index contributed by atoms with van der Waals surface area (Å²) in [4.78, 5) is 18.7. The fourth-order valence-electron chi connectivity index (χ4n) is 6.14. The normalized spacial score (nSPS) is 17.4. The molecule has 1 aromatic heterocycles. The van der Waals surface area contributed by atoms with Gasteiger partial charge in [-0.1, -0.05) is 35.9 Å². The zero-order valence-corrected chi connectivity index (χ0v) is 29.6. The maximum Gasteiger partial charge on any atom is 0.317 e. The number of urea groups is 1. The molecule has 272 valence electrons. The van der Waals surface area contributed by atoms with Crippen molar-refractivity contribution in [1.82, 2.24) is 15.2 Å². The van der Waals surface area contributed by atoms with Crippen LogP contribution in [0.3, 0.4) is 0 Å². The molecule has 50 heavy (non-hydrogen) atoms. The van der Waals surface area contributed by atoms with Crippen LogP contribution in [0.25, 0.3) is 11.1 Å². The van der Waals surface area contributed by atoms with Gasteiger partial charge in [0.25, 0.3) is 0 Å². The number of aliphatic hydroxyl groups is 5. The lowest BCUT2D eigenvalue weighted by atomic mass is 9.96. The van der Waals surface area contributed by atoms with Gasteiger partial charge in [-0.15, -0.1) is 0 Å². The minimum Gasteiger partial charge on any atom is -0.490 e. The van der Waals surface area contributed by atoms with E-state index in [0.717, 1.165) is 84.1 Å². The van der Waals surface area contributed by atoms with E-state index in [1.165, 1.54) is 0 Å². The van der Waals surface area contributed by atoms with Crippen molar-refractivity contribution >= 4 is 17.6 Å². The predicted molar refractivity (Wildman–Crippen MR) is 190 cm³/mol. The number of carbonyl (C=O) groups excluding carboxylic acids is 1. The van der Waals surface area contributed by atoms with Crippen LogP contribution in [0.1, 0.15) is 67.7 Å². The van der Waals surface area contributed by atoms with Gasteiger partial charge in [0.2, 0.25) is 0 Å². The van der Waals surface area contributed by atoms with Crippen molar-refractivity contribution in [3.63, 3.8) is 0 Å². The van der Waals surface area contributed by atoms with Crippen LogP contribution in [-0.4, -0.2) is 98.2 Å². The highest BCUT2D eigenvalue weighted by atomic mass is 35.5. The number of nitrogens with zero attached hydrogens (tertiary/aromatic N) is 2. The summed E-state index contributed by atoms with van der Waals surface area (Å²) >= 11 is 6.80. The van der Waals surface area contributed by atoms with Gasteiger partial charge >= 0.3 is 6.03 Å². The highest BCUT2D eigenvalue weighted by molar-refractivity contribution is 6.31. The van der Waals surface area contributed by atoms with Crippen LogP contribution in [0, 0.1) is 6.92 Å². The number of hydrogen-bond donors (Lipinski definition) is 6. The maximum absolute atomic E-state index is 12.7. The second kappa shape index (κ2) is 17.3. The number of carbonyl (C=O) groups is 1. The number of rotatable bonds is 19. The maximum atomic E-state index is 12.7. The largest absolute Gasteiger partial charge is 0.490 e. The van der Waals surface area contributed by atoms with Gasteiger partial charge in [-0.05, 0) is 99.2 Å². The topological polar surface area (TPSA) is 165 Å². The van der Waals surface area contributed by atoms with Crippen molar-refractivity contribution < 1.29 is 39.8 Å². The van der Waals surface area contributed by atoms with Crippen LogP contribution >= 0.6 is 11.6 Å². The van der Waals surface area contributed by atoms with Crippen molar-refractivity contribution in [3.8, 4) is 16.9 Å². The van der Waals surface area contributed by atoms with E-state index in [1.807, 2.05) is 49.6 Å². The number of halogens is 1. The molecule has 4 unspecified atom stereocenters. The Kier molecular flexibility index (Phi) is 13.1. The highest BCUT2D eigenvalue weighted by Crippen LogP contribution is 2.53. The predicted octanol–water partition coefficient (Wildman–Crippen LogP) is 4.25. The first-order chi connectivity index (χ1) is 24.1. The van der Waals surface area contributed by atoms with E-state index in [-0.39, 0.29) is 6.54 Å². The molecule has 2 saturated carbocycles. The number of unbranched alkanes of at least 4 members (excludes halogenated alkanes) is 1. The standard InChI is InChI=1S/C38H50ClN3O8/c1-3-42(37(48)41-21-32(44)35(46)36(47)33(45)22-43)17-7-6-8-25-19-31(39)26(18-24(25)2)23-49-38(14-15-38)30-20-40-16-13-28(30)29-9-4-5-10-34(29)50-27-11-12-27/h4-5,9-10,13,16,18-20,27,32-33,35-36,43-47H,3,6-8,11-12,14-15,17,21-23H2,1-2H3,(H,41,48). The van der Waals surface area contributed by atoms with E-state index in [2.05, 4.69) is 29.4 Å². The first kappa shape index (κ1) is 38.0. The summed E-state index contributed by atoms with van der Waals surface area (Å²) in [5.74, 6) is 0.892. The minimum atomic E-state index is -1.75. The summed E-state index contributed by atoms with van der Waals surface area (Å²) in [6.07, 6.45) is 3.76. The third-order valence-corrected chi connectivity index (χ3v) is 9.95. The monoisotopic (exact) mass is 711 g/mol. The lowest BCUT2D eigenvalue weighted by Gasteiger charge is -2.27. The molecule has 4 atom stereocenters. The van der Waals surface area contributed by atoms with Crippen molar-refractivity contribution in [1.29, 1.82) is 0 Å². The van der Waals surface area contributed by atoms with Gasteiger partial charge in [0, 0.05) is 48.2 Å². The van der Waals surface area contributed by atoms with E-state index in [4.69, 9.17) is 26.2 Å². The summed E-state index contributed by atoms with van der Waals surface area (Å²) < 4.78 is 12.9. The van der Waals surface area contributed by atoms with Gasteiger partial charge in [0.15, 0.2) is 0 Å². The molecule has 2 amide bonds. The fourth-order valence-corrected chi connectivity index (χ4v) is 6.38. The second-order valence-electron chi connectivity index (χ2n) is 13.4. The molecule has 0 radical (unpaired) electrons. The van der Waals surface area contributed by atoms with Crippen LogP contribution in [0.5, 0.6) is 5.75 Å². The quantitative estimate of drug-likeness (QED) is 0.0998. The molecule has 12 heteroatoms. The first-order valence-electron chi connectivity index (χ1n) is 17.5. The van der Waals surface area contributed by atoms with E-state index < -0.39 is 42.7 Å². The fraction of sp³-hybridized carbons (Fsp3) is 0.526. The number of para-hydroxylation sites is 1. The molecule has 2 aliphatic rings. The van der Waals surface area contributed by atoms with Crippen molar-refractivity contribution in [3.05, 3.63) is 82.1 Å². The smallest absolute Gasteiger partial charge is 0.317 e. The molecule has 3 aromatic rings. The molecule has 6 N–H and O–H groups in total.